The van der Waals surface area contributed by atoms with Crippen LogP contribution in [0.25, 0.3) is 4.96 Å². The SMILES string of the molecule is CCCCc1ccc([C@@H]([NH2+]Cc2cc(=O)n3ccsc3n2)C(C)C)cc1. The molecule has 0 spiro atoms. The first-order chi connectivity index (χ1) is 12.6. The molecule has 26 heavy (non-hydrogen) atoms. The Bertz CT molecular complexity index is 896. The van der Waals surface area contributed by atoms with Crippen LogP contribution in [0.15, 0.2) is 46.7 Å². The second-order valence-corrected chi connectivity index (χ2v) is 8.07. The molecule has 3 aromatic rings. The molecule has 2 aromatic heterocycles. The maximum atomic E-state index is 12.1. The van der Waals surface area contributed by atoms with Gasteiger partial charge in [0.15, 0.2) is 4.96 Å². The summed E-state index contributed by atoms with van der Waals surface area (Å²) in [7, 11) is 0. The fraction of sp³-hybridized carbons (Fsp3) is 0.429. The molecule has 0 saturated carbocycles. The number of rotatable bonds is 8. The summed E-state index contributed by atoms with van der Waals surface area (Å²) in [6.45, 7) is 7.43. The van der Waals surface area contributed by atoms with Gasteiger partial charge in [-0.25, -0.2) is 4.98 Å². The Morgan fingerprint density at radius 2 is 2.00 bits per heavy atom. The number of nitrogens with two attached hydrogens (primary N) is 1. The van der Waals surface area contributed by atoms with Gasteiger partial charge in [-0.15, -0.1) is 11.3 Å². The lowest BCUT2D eigenvalue weighted by molar-refractivity contribution is -0.717. The maximum absolute atomic E-state index is 12.1. The molecule has 0 aliphatic carbocycles. The van der Waals surface area contributed by atoms with E-state index in [0.717, 1.165) is 17.1 Å². The summed E-state index contributed by atoms with van der Waals surface area (Å²) in [5.41, 5.74) is 3.61. The van der Waals surface area contributed by atoms with E-state index < -0.39 is 0 Å². The third-order valence-corrected chi connectivity index (χ3v) is 5.60. The van der Waals surface area contributed by atoms with Gasteiger partial charge in [0.25, 0.3) is 5.56 Å². The zero-order chi connectivity index (χ0) is 18.5. The van der Waals surface area contributed by atoms with Crippen molar-refractivity contribution in [3.05, 3.63) is 69.1 Å². The van der Waals surface area contributed by atoms with Crippen LogP contribution in [-0.4, -0.2) is 9.38 Å². The number of hydrogen-bond acceptors (Lipinski definition) is 3. The highest BCUT2D eigenvalue weighted by molar-refractivity contribution is 7.15. The molecule has 5 heteroatoms. The van der Waals surface area contributed by atoms with Crippen molar-refractivity contribution in [3.63, 3.8) is 0 Å². The van der Waals surface area contributed by atoms with Crippen molar-refractivity contribution in [2.24, 2.45) is 5.92 Å². The fourth-order valence-electron chi connectivity index (χ4n) is 3.32. The standard InChI is InChI=1S/C21H27N3OS/c1-4-5-6-16-7-9-17(10-8-16)20(15(2)3)22-14-18-13-19(25)24-11-12-26-21(24)23-18/h7-13,15,20,22H,4-6,14H2,1-3H3/p+1/t20-/m0/s1. The Balaban J connectivity index is 1.72. The van der Waals surface area contributed by atoms with Crippen molar-refractivity contribution in [2.45, 2.75) is 52.6 Å². The average molecular weight is 371 g/mol. The second-order valence-electron chi connectivity index (χ2n) is 7.20. The summed E-state index contributed by atoms with van der Waals surface area (Å²) < 4.78 is 1.60. The van der Waals surface area contributed by atoms with Crippen molar-refractivity contribution < 1.29 is 5.32 Å². The predicted molar refractivity (Wildman–Crippen MR) is 108 cm³/mol. The molecule has 0 amide bonds. The molecule has 0 radical (unpaired) electrons. The average Bonchev–Trinajstić information content (AvgIpc) is 3.10. The van der Waals surface area contributed by atoms with Crippen LogP contribution >= 0.6 is 11.3 Å². The molecule has 0 saturated heterocycles. The molecular weight excluding hydrogens is 342 g/mol. The lowest BCUT2D eigenvalue weighted by Gasteiger charge is -2.20. The van der Waals surface area contributed by atoms with Gasteiger partial charge in [-0.2, -0.15) is 0 Å². The molecular formula is C21H28N3OS+. The molecule has 0 bridgehead atoms. The summed E-state index contributed by atoms with van der Waals surface area (Å²) in [5, 5.41) is 4.20. The van der Waals surface area contributed by atoms with Crippen molar-refractivity contribution in [2.75, 3.05) is 0 Å². The Morgan fingerprint density at radius 3 is 2.69 bits per heavy atom. The van der Waals surface area contributed by atoms with E-state index in [0.29, 0.717) is 18.5 Å². The zero-order valence-electron chi connectivity index (χ0n) is 15.8. The molecule has 4 nitrogen and oxygen atoms in total. The summed E-state index contributed by atoms with van der Waals surface area (Å²) in [6.07, 6.45) is 5.40. The maximum Gasteiger partial charge on any atom is 0.258 e. The van der Waals surface area contributed by atoms with Gasteiger partial charge in [-0.3, -0.25) is 9.20 Å². The van der Waals surface area contributed by atoms with Crippen LogP contribution in [0.3, 0.4) is 0 Å². The third kappa shape index (κ3) is 4.40. The highest BCUT2D eigenvalue weighted by Crippen LogP contribution is 2.19. The molecule has 3 rings (SSSR count). The van der Waals surface area contributed by atoms with E-state index in [-0.39, 0.29) is 5.56 Å². The van der Waals surface area contributed by atoms with Crippen LogP contribution in [0.5, 0.6) is 0 Å². The monoisotopic (exact) mass is 370 g/mol. The highest BCUT2D eigenvalue weighted by Gasteiger charge is 2.19. The molecule has 0 unspecified atom stereocenters. The van der Waals surface area contributed by atoms with Crippen molar-refractivity contribution in [1.29, 1.82) is 0 Å². The minimum Gasteiger partial charge on any atom is -0.335 e. The Labute approximate surface area is 158 Å². The van der Waals surface area contributed by atoms with Gasteiger partial charge in [0.2, 0.25) is 0 Å². The van der Waals surface area contributed by atoms with E-state index >= 15 is 0 Å². The van der Waals surface area contributed by atoms with Gasteiger partial charge in [0, 0.05) is 29.1 Å². The Morgan fingerprint density at radius 1 is 1.23 bits per heavy atom. The Kier molecular flexibility index (Phi) is 6.22. The quantitative estimate of drug-likeness (QED) is 0.659. The van der Waals surface area contributed by atoms with Gasteiger partial charge in [0.1, 0.15) is 18.3 Å². The second kappa shape index (κ2) is 8.60. The fourth-order valence-corrected chi connectivity index (χ4v) is 4.06. The minimum atomic E-state index is 0.000948. The summed E-state index contributed by atoms with van der Waals surface area (Å²) >= 11 is 1.50. The summed E-state index contributed by atoms with van der Waals surface area (Å²) in [4.78, 5) is 17.5. The van der Waals surface area contributed by atoms with Gasteiger partial charge in [-0.1, -0.05) is 51.5 Å². The van der Waals surface area contributed by atoms with Gasteiger partial charge >= 0.3 is 0 Å². The summed E-state index contributed by atoms with van der Waals surface area (Å²) in [6, 6.07) is 11.1. The number of nitrogens with zero attached hydrogens (tertiary/aromatic N) is 2. The third-order valence-electron chi connectivity index (χ3n) is 4.84. The van der Waals surface area contributed by atoms with Crippen molar-refractivity contribution >= 4 is 16.3 Å². The first-order valence-electron chi connectivity index (χ1n) is 9.46. The number of benzene rings is 1. The number of quaternary nitrogens is 1. The number of unbranched alkanes of at least 4 members (excludes halogenated alkanes) is 1. The van der Waals surface area contributed by atoms with E-state index in [1.165, 1.54) is 35.3 Å². The first-order valence-corrected chi connectivity index (χ1v) is 10.3. The van der Waals surface area contributed by atoms with E-state index in [4.69, 9.17) is 0 Å². The minimum absolute atomic E-state index is 0.000948. The van der Waals surface area contributed by atoms with Crippen LogP contribution in [0.4, 0.5) is 0 Å². The largest absolute Gasteiger partial charge is 0.335 e. The van der Waals surface area contributed by atoms with Crippen LogP contribution in [-0.2, 0) is 13.0 Å². The molecule has 2 N–H and O–H groups in total. The molecule has 1 atom stereocenters. The smallest absolute Gasteiger partial charge is 0.258 e. The van der Waals surface area contributed by atoms with Crippen molar-refractivity contribution in [3.8, 4) is 0 Å². The summed E-state index contributed by atoms with van der Waals surface area (Å²) in [5.74, 6) is 0.503. The Hall–Kier alpha value is -1.98. The molecule has 138 valence electrons. The number of aromatic nitrogens is 2. The van der Waals surface area contributed by atoms with Crippen LogP contribution in [0.1, 0.15) is 56.5 Å². The molecule has 0 aliphatic heterocycles. The van der Waals surface area contributed by atoms with Crippen LogP contribution < -0.4 is 10.9 Å². The number of hydrogen-bond donors (Lipinski definition) is 1. The molecule has 0 aliphatic rings. The van der Waals surface area contributed by atoms with Gasteiger partial charge in [0.05, 0.1) is 0 Å². The van der Waals surface area contributed by atoms with Crippen molar-refractivity contribution in [1.82, 2.24) is 9.38 Å². The normalized spacial score (nSPS) is 12.8. The van der Waals surface area contributed by atoms with Crippen LogP contribution in [0, 0.1) is 5.92 Å². The van der Waals surface area contributed by atoms with Crippen LogP contribution in [0.2, 0.25) is 0 Å². The lowest BCUT2D eigenvalue weighted by Crippen LogP contribution is -2.84. The van der Waals surface area contributed by atoms with E-state index in [1.54, 1.807) is 16.7 Å². The number of fused-ring (bicyclic) bond motifs is 1. The number of thiazole rings is 1. The number of aryl methyl sites for hydroxylation is 1. The van der Waals surface area contributed by atoms with E-state index in [2.05, 4.69) is 55.3 Å². The molecule has 1 aromatic carbocycles. The molecule has 2 heterocycles. The van der Waals surface area contributed by atoms with E-state index in [1.807, 2.05) is 5.38 Å². The zero-order valence-corrected chi connectivity index (χ0v) is 16.6. The first kappa shape index (κ1) is 18.8. The van der Waals surface area contributed by atoms with Gasteiger partial charge < -0.3 is 5.32 Å². The lowest BCUT2D eigenvalue weighted by atomic mass is 9.94. The van der Waals surface area contributed by atoms with Gasteiger partial charge in [-0.05, 0) is 18.4 Å². The van der Waals surface area contributed by atoms with E-state index in [9.17, 15) is 4.79 Å². The predicted octanol–water partition coefficient (Wildman–Crippen LogP) is 3.56. The topological polar surface area (TPSA) is 51.0 Å². The molecule has 0 fully saturated rings. The highest BCUT2D eigenvalue weighted by atomic mass is 32.1.